The van der Waals surface area contributed by atoms with Crippen molar-refractivity contribution >= 4 is 22.6 Å². The first-order chi connectivity index (χ1) is 19.7. The van der Waals surface area contributed by atoms with E-state index in [2.05, 4.69) is 64.2 Å². The number of carbonyl (C=O) groups is 1. The molecule has 0 aromatic heterocycles. The van der Waals surface area contributed by atoms with Crippen molar-refractivity contribution in [3.8, 4) is 0 Å². The van der Waals surface area contributed by atoms with Gasteiger partial charge in [-0.25, -0.2) is 4.79 Å². The smallest absolute Gasteiger partial charge is 0.411 e. The highest BCUT2D eigenvalue weighted by molar-refractivity contribution is 5.91. The second-order valence-corrected chi connectivity index (χ2v) is 15.2. The van der Waals surface area contributed by atoms with Gasteiger partial charge in [-0.1, -0.05) is 95.9 Å². The van der Waals surface area contributed by atoms with Crippen LogP contribution in [0.1, 0.15) is 105 Å². The molecule has 3 nitrogen and oxygen atoms in total. The number of fused-ring (bicyclic) bond motifs is 6. The van der Waals surface area contributed by atoms with Crippen molar-refractivity contribution in [2.75, 3.05) is 5.32 Å². The van der Waals surface area contributed by atoms with E-state index in [0.717, 1.165) is 65.8 Å². The number of ether oxygens (including phenoxy) is 1. The highest BCUT2D eigenvalue weighted by atomic mass is 16.6. The third-order valence-electron chi connectivity index (χ3n) is 12.5. The van der Waals surface area contributed by atoms with Crippen LogP contribution < -0.4 is 5.32 Å². The first-order valence-corrected chi connectivity index (χ1v) is 16.8. The lowest BCUT2D eigenvalue weighted by Crippen LogP contribution is -2.51. The number of benzene rings is 2. The molecule has 8 atom stereocenters. The minimum absolute atomic E-state index is 0.0252. The van der Waals surface area contributed by atoms with Gasteiger partial charge in [0.2, 0.25) is 0 Å². The zero-order chi connectivity index (χ0) is 28.8. The van der Waals surface area contributed by atoms with E-state index in [1.165, 1.54) is 56.8 Å². The molecular formula is C38H53NO2. The average molecular weight is 556 g/mol. The van der Waals surface area contributed by atoms with Crippen molar-refractivity contribution in [3.63, 3.8) is 0 Å². The molecular weight excluding hydrogens is 502 g/mol. The lowest BCUT2D eigenvalue weighted by Gasteiger charge is -2.58. The Bertz CT molecular complexity index is 1280. The van der Waals surface area contributed by atoms with Gasteiger partial charge in [0.25, 0.3) is 0 Å². The fourth-order valence-corrected chi connectivity index (χ4v) is 10.3. The molecule has 3 saturated carbocycles. The highest BCUT2D eigenvalue weighted by Crippen LogP contribution is 2.67. The van der Waals surface area contributed by atoms with Crippen LogP contribution in [-0.2, 0) is 4.74 Å². The van der Waals surface area contributed by atoms with Crippen LogP contribution in [0.25, 0.3) is 10.8 Å². The summed E-state index contributed by atoms with van der Waals surface area (Å²) in [6.07, 6.45) is 16.4. The maximum Gasteiger partial charge on any atom is 0.411 e. The first-order valence-electron chi connectivity index (χ1n) is 16.8. The topological polar surface area (TPSA) is 38.3 Å². The molecule has 6 rings (SSSR count). The van der Waals surface area contributed by atoms with Gasteiger partial charge in [0.05, 0.1) is 0 Å². The van der Waals surface area contributed by atoms with Crippen molar-refractivity contribution in [1.29, 1.82) is 0 Å². The van der Waals surface area contributed by atoms with Crippen LogP contribution in [0, 0.1) is 46.3 Å². The van der Waals surface area contributed by atoms with Crippen LogP contribution in [-0.4, -0.2) is 12.2 Å². The normalized spacial score (nSPS) is 35.3. The second kappa shape index (κ2) is 11.4. The molecule has 3 unspecified atom stereocenters. The van der Waals surface area contributed by atoms with E-state index in [1.807, 2.05) is 24.3 Å². The standard InChI is InChI=1S/C38H53NO2/c1-25(2)9-8-10-26(3)33-17-18-34-32-16-14-29-24-31(19-21-37(29,4)35(32)20-22-38(33,34)5)41-36(40)39-30-15-13-27-11-6-7-12-28(27)23-30/h6-7,11-15,23,25-26,31-35H,8-10,16-22,24H2,1-5H3,(H,39,40)/t26-,31+,32?,33-,34?,35?,37+,38-/m1/s1. The molecule has 4 aliphatic rings. The van der Waals surface area contributed by atoms with Crippen molar-refractivity contribution in [2.45, 2.75) is 111 Å². The Morgan fingerprint density at radius 2 is 1.76 bits per heavy atom. The summed E-state index contributed by atoms with van der Waals surface area (Å²) in [4.78, 5) is 12.9. The van der Waals surface area contributed by atoms with Crippen molar-refractivity contribution < 1.29 is 9.53 Å². The number of nitrogens with one attached hydrogen (secondary N) is 1. The zero-order valence-corrected chi connectivity index (χ0v) is 26.3. The first kappa shape index (κ1) is 28.8. The van der Waals surface area contributed by atoms with Crippen LogP contribution in [0.4, 0.5) is 10.5 Å². The Kier molecular flexibility index (Phi) is 8.02. The van der Waals surface area contributed by atoms with E-state index < -0.39 is 0 Å². The molecule has 41 heavy (non-hydrogen) atoms. The van der Waals surface area contributed by atoms with Crippen LogP contribution in [0.15, 0.2) is 54.1 Å². The Hall–Kier alpha value is -2.29. The lowest BCUT2D eigenvalue weighted by atomic mass is 9.47. The van der Waals surface area contributed by atoms with Crippen LogP contribution in [0.5, 0.6) is 0 Å². The Morgan fingerprint density at radius 1 is 0.951 bits per heavy atom. The maximum absolute atomic E-state index is 12.9. The molecule has 0 heterocycles. The number of allylic oxidation sites excluding steroid dienone is 1. The minimum Gasteiger partial charge on any atom is -0.446 e. The van der Waals surface area contributed by atoms with Crippen LogP contribution in [0.3, 0.4) is 0 Å². The fraction of sp³-hybridized carbons (Fsp3) is 0.658. The number of carbonyl (C=O) groups excluding carboxylic acids is 1. The molecule has 0 saturated heterocycles. The molecule has 1 amide bonds. The fourth-order valence-electron chi connectivity index (χ4n) is 10.3. The van der Waals surface area contributed by atoms with Gasteiger partial charge in [-0.3, -0.25) is 5.32 Å². The molecule has 0 bridgehead atoms. The number of hydrogen-bond acceptors (Lipinski definition) is 2. The van der Waals surface area contributed by atoms with E-state index in [9.17, 15) is 4.79 Å². The number of anilines is 1. The van der Waals surface area contributed by atoms with Crippen LogP contribution >= 0.6 is 0 Å². The molecule has 2 aromatic rings. The highest BCUT2D eigenvalue weighted by Gasteiger charge is 2.59. The van der Waals surface area contributed by atoms with Gasteiger partial charge in [-0.15, -0.1) is 0 Å². The maximum atomic E-state index is 12.9. The molecule has 0 radical (unpaired) electrons. The van der Waals surface area contributed by atoms with Gasteiger partial charge in [-0.2, -0.15) is 0 Å². The monoisotopic (exact) mass is 555 g/mol. The number of amides is 1. The molecule has 222 valence electrons. The van der Waals surface area contributed by atoms with Gasteiger partial charge >= 0.3 is 6.09 Å². The summed E-state index contributed by atoms with van der Waals surface area (Å²) in [6, 6.07) is 14.3. The van der Waals surface area contributed by atoms with E-state index >= 15 is 0 Å². The van der Waals surface area contributed by atoms with Crippen LogP contribution in [0.2, 0.25) is 0 Å². The third kappa shape index (κ3) is 5.48. The molecule has 4 aliphatic carbocycles. The predicted octanol–water partition coefficient (Wildman–Crippen LogP) is 10.8. The summed E-state index contributed by atoms with van der Waals surface area (Å²) in [7, 11) is 0. The Labute approximate surface area is 248 Å². The van der Waals surface area contributed by atoms with Crippen molar-refractivity contribution in [2.24, 2.45) is 46.3 Å². The second-order valence-electron chi connectivity index (χ2n) is 15.2. The summed E-state index contributed by atoms with van der Waals surface area (Å²) in [6.45, 7) is 12.5. The summed E-state index contributed by atoms with van der Waals surface area (Å²) in [5.74, 6) is 5.11. The third-order valence-corrected chi connectivity index (χ3v) is 12.5. The zero-order valence-electron chi connectivity index (χ0n) is 26.3. The van der Waals surface area contributed by atoms with E-state index in [0.29, 0.717) is 5.41 Å². The molecule has 3 heteroatoms. The molecule has 0 aliphatic heterocycles. The molecule has 1 N–H and O–H groups in total. The van der Waals surface area contributed by atoms with Crippen molar-refractivity contribution in [1.82, 2.24) is 0 Å². The van der Waals surface area contributed by atoms with Gasteiger partial charge in [0.1, 0.15) is 6.10 Å². The molecule has 3 fully saturated rings. The Morgan fingerprint density at radius 3 is 2.56 bits per heavy atom. The van der Waals surface area contributed by atoms with Gasteiger partial charge in [0.15, 0.2) is 0 Å². The lowest BCUT2D eigenvalue weighted by molar-refractivity contribution is -0.0577. The van der Waals surface area contributed by atoms with Crippen molar-refractivity contribution in [3.05, 3.63) is 54.1 Å². The average Bonchev–Trinajstić information content (AvgIpc) is 3.30. The van der Waals surface area contributed by atoms with Gasteiger partial charge in [-0.05, 0) is 114 Å². The Balaban J connectivity index is 1.08. The summed E-state index contributed by atoms with van der Waals surface area (Å²) < 4.78 is 6.02. The summed E-state index contributed by atoms with van der Waals surface area (Å²) in [5.41, 5.74) is 3.18. The number of hydrogen-bond donors (Lipinski definition) is 1. The predicted molar refractivity (Wildman–Crippen MR) is 171 cm³/mol. The van der Waals surface area contributed by atoms with E-state index in [1.54, 1.807) is 5.57 Å². The largest absolute Gasteiger partial charge is 0.446 e. The van der Waals surface area contributed by atoms with E-state index in [4.69, 9.17) is 4.74 Å². The minimum atomic E-state index is -0.323. The van der Waals surface area contributed by atoms with Gasteiger partial charge < -0.3 is 4.74 Å². The molecule has 2 aromatic carbocycles. The van der Waals surface area contributed by atoms with Gasteiger partial charge in [0, 0.05) is 12.1 Å². The van der Waals surface area contributed by atoms with E-state index in [-0.39, 0.29) is 17.6 Å². The molecule has 0 spiro atoms. The number of rotatable bonds is 7. The quantitative estimate of drug-likeness (QED) is 0.345. The summed E-state index contributed by atoms with van der Waals surface area (Å²) in [5, 5.41) is 5.29. The SMILES string of the molecule is CC(C)CCC[C@@H](C)[C@H]1CCC2C3CC=C4C[C@@H](OC(=O)Nc5ccc6ccccc6c5)CC[C@]4(C)C3CC[C@@]21C. The summed E-state index contributed by atoms with van der Waals surface area (Å²) >= 11 is 0.